The number of likely N-dealkylation sites (tertiary alicyclic amines) is 1. The Morgan fingerprint density at radius 3 is 2.67 bits per heavy atom. The maximum atomic E-state index is 13.1. The van der Waals surface area contributed by atoms with Crippen molar-refractivity contribution in [3.63, 3.8) is 0 Å². The quantitative estimate of drug-likeness (QED) is 0.312. The lowest BCUT2D eigenvalue weighted by Gasteiger charge is -2.35. The Balaban J connectivity index is 0.00000306. The molecule has 3 heterocycles. The molecule has 1 unspecified atom stereocenters. The molecule has 182 valence electrons. The van der Waals surface area contributed by atoms with Crippen molar-refractivity contribution in [2.75, 3.05) is 39.9 Å². The highest BCUT2D eigenvalue weighted by Crippen LogP contribution is 2.18. The summed E-state index contributed by atoms with van der Waals surface area (Å²) >= 11 is 0. The van der Waals surface area contributed by atoms with E-state index in [2.05, 4.69) is 20.3 Å². The summed E-state index contributed by atoms with van der Waals surface area (Å²) in [5.74, 6) is 0.683. The minimum absolute atomic E-state index is 0. The molecule has 0 spiro atoms. The zero-order valence-corrected chi connectivity index (χ0v) is 21.6. The molecule has 0 radical (unpaired) electrons. The number of nitrogens with zero attached hydrogens (tertiary/aromatic N) is 4. The minimum atomic E-state index is -0.245. The molecule has 1 N–H and O–H groups in total. The number of aliphatic imine (C=N–C) groups is 1. The lowest BCUT2D eigenvalue weighted by atomic mass is 10.1. The largest absolute Gasteiger partial charge is 0.376 e. The van der Waals surface area contributed by atoms with Gasteiger partial charge in [0.2, 0.25) is 0 Å². The number of aromatic nitrogens is 2. The number of hydrogen-bond acceptors (Lipinski definition) is 4. The van der Waals surface area contributed by atoms with Gasteiger partial charge in [0, 0.05) is 45.9 Å². The van der Waals surface area contributed by atoms with Gasteiger partial charge >= 0.3 is 0 Å². The Hall–Kier alpha value is -1.72. The molecule has 2 aromatic rings. The second-order valence-electron chi connectivity index (χ2n) is 8.46. The summed E-state index contributed by atoms with van der Waals surface area (Å²) < 4.78 is 26.8. The molecule has 0 saturated carbocycles. The van der Waals surface area contributed by atoms with Crippen LogP contribution < -0.4 is 5.32 Å². The van der Waals surface area contributed by atoms with Gasteiger partial charge in [-0.1, -0.05) is 0 Å². The van der Waals surface area contributed by atoms with E-state index < -0.39 is 0 Å². The van der Waals surface area contributed by atoms with Crippen molar-refractivity contribution in [2.45, 2.75) is 50.7 Å². The number of rotatable bonds is 7. The second kappa shape index (κ2) is 13.2. The fourth-order valence-electron chi connectivity index (χ4n) is 4.28. The van der Waals surface area contributed by atoms with Gasteiger partial charge < -0.3 is 19.7 Å². The summed E-state index contributed by atoms with van der Waals surface area (Å²) in [5.41, 5.74) is 1.83. The molecule has 1 aromatic heterocycles. The first-order chi connectivity index (χ1) is 15.7. The third kappa shape index (κ3) is 7.65. The zero-order valence-electron chi connectivity index (χ0n) is 19.3. The maximum absolute atomic E-state index is 13.1. The fourth-order valence-corrected chi connectivity index (χ4v) is 4.28. The average molecular weight is 571 g/mol. The molecule has 9 heteroatoms. The summed E-state index contributed by atoms with van der Waals surface area (Å²) in [6.45, 7) is 4.23. The smallest absolute Gasteiger partial charge is 0.193 e. The van der Waals surface area contributed by atoms with Crippen molar-refractivity contribution in [1.82, 2.24) is 20.0 Å². The second-order valence-corrected chi connectivity index (χ2v) is 8.46. The zero-order chi connectivity index (χ0) is 22.2. The van der Waals surface area contributed by atoms with Gasteiger partial charge in [0.1, 0.15) is 5.82 Å². The van der Waals surface area contributed by atoms with Crippen LogP contribution in [0.4, 0.5) is 4.39 Å². The van der Waals surface area contributed by atoms with Crippen LogP contribution in [0, 0.1) is 5.82 Å². The Morgan fingerprint density at radius 2 is 1.97 bits per heavy atom. The first kappa shape index (κ1) is 25.9. The summed E-state index contributed by atoms with van der Waals surface area (Å²) in [6, 6.07) is 8.33. The number of benzene rings is 1. The third-order valence-electron chi connectivity index (χ3n) is 6.14. The van der Waals surface area contributed by atoms with E-state index in [1.54, 1.807) is 16.8 Å². The molecular formula is C24H35FIN5O2. The first-order valence-corrected chi connectivity index (χ1v) is 11.7. The topological polar surface area (TPSA) is 63.9 Å². The predicted molar refractivity (Wildman–Crippen MR) is 138 cm³/mol. The van der Waals surface area contributed by atoms with Gasteiger partial charge in [-0.2, -0.15) is 5.10 Å². The Bertz CT molecular complexity index is 862. The molecule has 7 nitrogen and oxygen atoms in total. The Morgan fingerprint density at radius 1 is 1.18 bits per heavy atom. The van der Waals surface area contributed by atoms with Gasteiger partial charge in [-0.05, 0) is 62.4 Å². The monoisotopic (exact) mass is 571 g/mol. The normalized spacial score (nSPS) is 19.9. The van der Waals surface area contributed by atoms with Gasteiger partial charge in [0.15, 0.2) is 5.96 Å². The Labute approximate surface area is 212 Å². The highest BCUT2D eigenvalue weighted by atomic mass is 127. The van der Waals surface area contributed by atoms with Crippen LogP contribution in [0.3, 0.4) is 0 Å². The Kier molecular flexibility index (Phi) is 10.4. The van der Waals surface area contributed by atoms with Gasteiger partial charge in [-0.3, -0.25) is 4.99 Å². The third-order valence-corrected chi connectivity index (χ3v) is 6.14. The van der Waals surface area contributed by atoms with E-state index in [0.29, 0.717) is 6.10 Å². The number of piperidine rings is 1. The molecule has 2 saturated heterocycles. The predicted octanol–water partition coefficient (Wildman–Crippen LogP) is 3.80. The molecule has 1 aromatic carbocycles. The molecule has 2 aliphatic rings. The van der Waals surface area contributed by atoms with E-state index in [0.717, 1.165) is 75.9 Å². The van der Waals surface area contributed by atoms with Crippen LogP contribution in [0.5, 0.6) is 0 Å². The minimum Gasteiger partial charge on any atom is -0.376 e. The van der Waals surface area contributed by atoms with Gasteiger partial charge in [-0.15, -0.1) is 24.0 Å². The molecule has 1 atom stereocenters. The molecule has 2 fully saturated rings. The van der Waals surface area contributed by atoms with Crippen molar-refractivity contribution in [3.8, 4) is 5.69 Å². The first-order valence-electron chi connectivity index (χ1n) is 11.7. The molecule has 0 amide bonds. The van der Waals surface area contributed by atoms with Crippen LogP contribution in [0.25, 0.3) is 5.69 Å². The van der Waals surface area contributed by atoms with Gasteiger partial charge in [0.05, 0.1) is 30.2 Å². The lowest BCUT2D eigenvalue weighted by Crippen LogP contribution is -2.47. The van der Waals surface area contributed by atoms with E-state index in [9.17, 15) is 4.39 Å². The van der Waals surface area contributed by atoms with E-state index >= 15 is 0 Å². The molecule has 0 aliphatic carbocycles. The standard InChI is InChI=1S/C24H34FN5O2.HI/c1-26-24(29-14-11-22(12-15-29)32-18-23-4-2-3-17-31-23)27-13-9-20-10-16-30(28-20)21-7-5-19(25)6-8-21;/h5-8,10,16,22-23H,2-4,9,11-15,17-18H2,1H3,(H,26,27);1H. The number of ether oxygens (including phenoxy) is 2. The molecule has 0 bridgehead atoms. The summed E-state index contributed by atoms with van der Waals surface area (Å²) in [4.78, 5) is 6.76. The molecule has 4 rings (SSSR count). The van der Waals surface area contributed by atoms with Crippen LogP contribution >= 0.6 is 24.0 Å². The van der Waals surface area contributed by atoms with Gasteiger partial charge in [0.25, 0.3) is 0 Å². The van der Waals surface area contributed by atoms with Crippen molar-refractivity contribution in [1.29, 1.82) is 0 Å². The van der Waals surface area contributed by atoms with Crippen molar-refractivity contribution in [2.24, 2.45) is 4.99 Å². The highest BCUT2D eigenvalue weighted by molar-refractivity contribution is 14.0. The number of hydrogen-bond donors (Lipinski definition) is 1. The number of nitrogens with one attached hydrogen (secondary N) is 1. The van der Waals surface area contributed by atoms with Crippen LogP contribution in [-0.4, -0.2) is 72.7 Å². The van der Waals surface area contributed by atoms with E-state index in [1.165, 1.54) is 25.0 Å². The van der Waals surface area contributed by atoms with Crippen LogP contribution in [0.2, 0.25) is 0 Å². The highest BCUT2D eigenvalue weighted by Gasteiger charge is 2.23. The van der Waals surface area contributed by atoms with E-state index in [4.69, 9.17) is 9.47 Å². The molecule has 2 aliphatic heterocycles. The van der Waals surface area contributed by atoms with E-state index in [-0.39, 0.29) is 35.9 Å². The average Bonchev–Trinajstić information content (AvgIpc) is 3.31. The molecular weight excluding hydrogens is 536 g/mol. The van der Waals surface area contributed by atoms with E-state index in [1.807, 2.05) is 19.3 Å². The van der Waals surface area contributed by atoms with Crippen molar-refractivity contribution < 1.29 is 13.9 Å². The number of guanidine groups is 1. The fraction of sp³-hybridized carbons (Fsp3) is 0.583. The lowest BCUT2D eigenvalue weighted by molar-refractivity contribution is -0.0721. The van der Waals surface area contributed by atoms with Crippen LogP contribution in [0.1, 0.15) is 37.8 Å². The van der Waals surface area contributed by atoms with Crippen molar-refractivity contribution in [3.05, 3.63) is 48.0 Å². The number of halogens is 2. The van der Waals surface area contributed by atoms with Crippen molar-refractivity contribution >= 4 is 29.9 Å². The summed E-state index contributed by atoms with van der Waals surface area (Å²) in [6.07, 6.45) is 8.85. The van der Waals surface area contributed by atoms with Gasteiger partial charge in [-0.25, -0.2) is 9.07 Å². The van der Waals surface area contributed by atoms with Crippen LogP contribution in [-0.2, 0) is 15.9 Å². The SMILES string of the molecule is CN=C(NCCc1ccn(-c2ccc(F)cc2)n1)N1CCC(OCC2CCCCO2)CC1.I. The van der Waals surface area contributed by atoms with Crippen LogP contribution in [0.15, 0.2) is 41.5 Å². The molecule has 33 heavy (non-hydrogen) atoms. The summed E-state index contributed by atoms with van der Waals surface area (Å²) in [5, 5.41) is 8.05. The maximum Gasteiger partial charge on any atom is 0.193 e. The summed E-state index contributed by atoms with van der Waals surface area (Å²) in [7, 11) is 1.83.